The van der Waals surface area contributed by atoms with E-state index in [1.807, 2.05) is 91.0 Å². The van der Waals surface area contributed by atoms with Crippen LogP contribution in [0.25, 0.3) is 16.8 Å². The molecule has 0 saturated carbocycles. The number of fused-ring (bicyclic) bond motifs is 1. The van der Waals surface area contributed by atoms with Gasteiger partial charge in [0.15, 0.2) is 0 Å². The van der Waals surface area contributed by atoms with Crippen LogP contribution in [0.4, 0.5) is 0 Å². The second-order valence-electron chi connectivity index (χ2n) is 8.72. The number of carbonyl (C=O) groups is 2. The fourth-order valence-electron chi connectivity index (χ4n) is 4.49. The first kappa shape index (κ1) is 24.0. The molecule has 1 amide bonds. The highest BCUT2D eigenvalue weighted by Crippen LogP contribution is 2.38. The van der Waals surface area contributed by atoms with Crippen molar-refractivity contribution in [2.75, 3.05) is 7.11 Å². The molecule has 0 saturated heterocycles. The number of carbonyl (C=O) groups excluding carboxylic acids is 2. The molecule has 0 radical (unpaired) electrons. The third kappa shape index (κ3) is 5.14. The van der Waals surface area contributed by atoms with Gasteiger partial charge in [-0.1, -0.05) is 72.8 Å². The van der Waals surface area contributed by atoms with Crippen molar-refractivity contribution in [3.05, 3.63) is 114 Å². The zero-order valence-electron chi connectivity index (χ0n) is 20.6. The monoisotopic (exact) mass is 490 g/mol. The molecule has 1 aliphatic rings. The van der Waals surface area contributed by atoms with Gasteiger partial charge in [0.25, 0.3) is 5.91 Å². The van der Waals surface area contributed by atoms with Crippen LogP contribution in [0.3, 0.4) is 0 Å². The number of methoxy groups -OCH3 is 1. The molecule has 4 aromatic carbocycles. The van der Waals surface area contributed by atoms with Crippen molar-refractivity contribution < 1.29 is 19.1 Å². The summed E-state index contributed by atoms with van der Waals surface area (Å²) in [6, 6.07) is 28.5. The van der Waals surface area contributed by atoms with Crippen LogP contribution < -0.4 is 9.47 Å². The molecule has 1 aliphatic heterocycles. The summed E-state index contributed by atoms with van der Waals surface area (Å²) in [5, 5.41) is 8.04. The highest BCUT2D eigenvalue weighted by atomic mass is 16.5. The maximum absolute atomic E-state index is 13.4. The van der Waals surface area contributed by atoms with Gasteiger partial charge in [-0.05, 0) is 40.8 Å². The van der Waals surface area contributed by atoms with Gasteiger partial charge in [0.1, 0.15) is 11.5 Å². The maximum Gasteiger partial charge on any atom is 0.308 e. The van der Waals surface area contributed by atoms with Gasteiger partial charge in [-0.2, -0.15) is 5.10 Å². The lowest BCUT2D eigenvalue weighted by Crippen LogP contribution is -2.25. The number of rotatable bonds is 6. The first-order chi connectivity index (χ1) is 18.0. The molecule has 0 spiro atoms. The SMILES string of the molecule is COc1ccc([C@H]2CC(c3ccc4ccccc4c3OC(C)=O)=NN2C(=O)/C=C/c2ccccc2)cc1. The molecule has 1 atom stereocenters. The number of hydrogen-bond donors (Lipinski definition) is 0. The average Bonchev–Trinajstić information content (AvgIpc) is 3.37. The number of benzene rings is 4. The molecule has 0 fully saturated rings. The predicted octanol–water partition coefficient (Wildman–Crippen LogP) is 6.16. The van der Waals surface area contributed by atoms with Crippen molar-refractivity contribution in [3.8, 4) is 11.5 Å². The Morgan fingerprint density at radius 3 is 2.38 bits per heavy atom. The van der Waals surface area contributed by atoms with Crippen LogP contribution in [0.5, 0.6) is 11.5 Å². The van der Waals surface area contributed by atoms with Crippen molar-refractivity contribution >= 4 is 34.4 Å². The van der Waals surface area contributed by atoms with Crippen LogP contribution in [-0.4, -0.2) is 29.7 Å². The summed E-state index contributed by atoms with van der Waals surface area (Å²) in [6.07, 6.45) is 3.77. The van der Waals surface area contributed by atoms with Crippen LogP contribution in [0.15, 0.2) is 102 Å². The molecule has 5 rings (SSSR count). The van der Waals surface area contributed by atoms with E-state index in [4.69, 9.17) is 14.6 Å². The van der Waals surface area contributed by atoms with Crippen LogP contribution in [0.2, 0.25) is 0 Å². The zero-order chi connectivity index (χ0) is 25.8. The number of hydrazone groups is 1. The van der Waals surface area contributed by atoms with Crippen molar-refractivity contribution in [1.82, 2.24) is 5.01 Å². The lowest BCUT2D eigenvalue weighted by molar-refractivity contribution is -0.132. The summed E-state index contributed by atoms with van der Waals surface area (Å²) < 4.78 is 11.0. The smallest absolute Gasteiger partial charge is 0.308 e. The van der Waals surface area contributed by atoms with E-state index in [0.29, 0.717) is 23.4 Å². The van der Waals surface area contributed by atoms with E-state index < -0.39 is 5.97 Å². The Bertz CT molecular complexity index is 1510. The van der Waals surface area contributed by atoms with E-state index in [-0.39, 0.29) is 11.9 Å². The standard InChI is InChI=1S/C31H26N2O4/c1-21(34)37-31-26-11-7-6-10-23(26)15-18-27(31)28-20-29(24-13-16-25(36-2)17-14-24)33(32-28)30(35)19-12-22-8-4-3-5-9-22/h3-19,29H,20H2,1-2H3/b19-12+/t29-/m1/s1. The molecule has 0 aliphatic carbocycles. The minimum atomic E-state index is -0.415. The number of hydrogen-bond acceptors (Lipinski definition) is 5. The van der Waals surface area contributed by atoms with Gasteiger partial charge in [-0.25, -0.2) is 5.01 Å². The molecule has 6 nitrogen and oxygen atoms in total. The lowest BCUT2D eigenvalue weighted by atomic mass is 9.96. The first-order valence-corrected chi connectivity index (χ1v) is 12.0. The van der Waals surface area contributed by atoms with Crippen LogP contribution in [0, 0.1) is 0 Å². The summed E-state index contributed by atoms with van der Waals surface area (Å²) in [7, 11) is 1.62. The van der Waals surface area contributed by atoms with E-state index in [9.17, 15) is 9.59 Å². The van der Waals surface area contributed by atoms with Gasteiger partial charge >= 0.3 is 5.97 Å². The van der Waals surface area contributed by atoms with Crippen molar-refractivity contribution in [2.24, 2.45) is 5.10 Å². The molecule has 184 valence electrons. The number of amides is 1. The maximum atomic E-state index is 13.4. The molecule has 0 unspecified atom stereocenters. The minimum absolute atomic E-state index is 0.241. The topological polar surface area (TPSA) is 68.2 Å². The summed E-state index contributed by atoms with van der Waals surface area (Å²) in [5.41, 5.74) is 3.21. The summed E-state index contributed by atoms with van der Waals surface area (Å²) in [6.45, 7) is 1.38. The molecular formula is C31H26N2O4. The van der Waals surface area contributed by atoms with Gasteiger partial charge in [0.2, 0.25) is 0 Å². The molecule has 0 bridgehead atoms. The average molecular weight is 491 g/mol. The van der Waals surface area contributed by atoms with E-state index in [1.54, 1.807) is 13.2 Å². The second kappa shape index (κ2) is 10.5. The molecule has 4 aromatic rings. The predicted molar refractivity (Wildman–Crippen MR) is 144 cm³/mol. The summed E-state index contributed by atoms with van der Waals surface area (Å²) in [5.74, 6) is 0.527. The third-order valence-electron chi connectivity index (χ3n) is 6.29. The number of ether oxygens (including phenoxy) is 2. The van der Waals surface area contributed by atoms with E-state index in [2.05, 4.69) is 0 Å². The molecule has 0 aromatic heterocycles. The normalized spacial score (nSPS) is 15.1. The second-order valence-corrected chi connectivity index (χ2v) is 8.72. The Morgan fingerprint density at radius 1 is 0.919 bits per heavy atom. The molecule has 0 N–H and O–H groups in total. The van der Waals surface area contributed by atoms with E-state index >= 15 is 0 Å². The molecular weight excluding hydrogens is 464 g/mol. The fourth-order valence-corrected chi connectivity index (χ4v) is 4.49. The van der Waals surface area contributed by atoms with Crippen molar-refractivity contribution in [3.63, 3.8) is 0 Å². The molecule has 37 heavy (non-hydrogen) atoms. The van der Waals surface area contributed by atoms with Gasteiger partial charge in [-0.3, -0.25) is 9.59 Å². The molecule has 6 heteroatoms. The number of nitrogens with zero attached hydrogens (tertiary/aromatic N) is 2. The van der Waals surface area contributed by atoms with Crippen LogP contribution in [0.1, 0.15) is 36.1 Å². The number of esters is 1. The van der Waals surface area contributed by atoms with Gasteiger partial charge in [0.05, 0.1) is 18.9 Å². The van der Waals surface area contributed by atoms with Crippen molar-refractivity contribution in [1.29, 1.82) is 0 Å². The highest BCUT2D eigenvalue weighted by Gasteiger charge is 2.33. The minimum Gasteiger partial charge on any atom is -0.497 e. The van der Waals surface area contributed by atoms with E-state index in [1.165, 1.54) is 18.0 Å². The molecule has 1 heterocycles. The Balaban J connectivity index is 1.56. The Morgan fingerprint density at radius 2 is 1.65 bits per heavy atom. The van der Waals surface area contributed by atoms with Crippen LogP contribution in [-0.2, 0) is 9.59 Å². The lowest BCUT2D eigenvalue weighted by Gasteiger charge is -2.21. The highest BCUT2D eigenvalue weighted by molar-refractivity contribution is 6.10. The Kier molecular flexibility index (Phi) is 6.81. The fraction of sp³-hybridized carbons (Fsp3) is 0.129. The first-order valence-electron chi connectivity index (χ1n) is 12.0. The van der Waals surface area contributed by atoms with E-state index in [0.717, 1.165) is 27.6 Å². The largest absolute Gasteiger partial charge is 0.497 e. The van der Waals surface area contributed by atoms with Gasteiger partial charge in [-0.15, -0.1) is 0 Å². The summed E-state index contributed by atoms with van der Waals surface area (Å²) >= 11 is 0. The van der Waals surface area contributed by atoms with Crippen molar-refractivity contribution in [2.45, 2.75) is 19.4 Å². The van der Waals surface area contributed by atoms with Gasteiger partial charge < -0.3 is 9.47 Å². The van der Waals surface area contributed by atoms with Crippen LogP contribution >= 0.6 is 0 Å². The third-order valence-corrected chi connectivity index (χ3v) is 6.29. The Labute approximate surface area is 215 Å². The quantitative estimate of drug-likeness (QED) is 0.184. The summed E-state index contributed by atoms with van der Waals surface area (Å²) in [4.78, 5) is 25.4. The Hall–Kier alpha value is -4.71. The zero-order valence-corrected chi connectivity index (χ0v) is 20.6. The van der Waals surface area contributed by atoms with Gasteiger partial charge in [0, 0.05) is 30.4 Å².